The minimum absolute atomic E-state index is 0.0971. The summed E-state index contributed by atoms with van der Waals surface area (Å²) in [5.41, 5.74) is 2.20. The molecule has 1 N–H and O–H groups in total. The van der Waals surface area contributed by atoms with E-state index in [-0.39, 0.29) is 6.61 Å². The van der Waals surface area contributed by atoms with Crippen LogP contribution in [0.3, 0.4) is 0 Å². The quantitative estimate of drug-likeness (QED) is 0.875. The van der Waals surface area contributed by atoms with Crippen LogP contribution in [0.4, 0.5) is 0 Å². The molecule has 0 amide bonds. The molecule has 108 valence electrons. The van der Waals surface area contributed by atoms with Gasteiger partial charge >= 0.3 is 0 Å². The van der Waals surface area contributed by atoms with Gasteiger partial charge in [-0.2, -0.15) is 0 Å². The summed E-state index contributed by atoms with van der Waals surface area (Å²) in [6.07, 6.45) is 0. The summed E-state index contributed by atoms with van der Waals surface area (Å²) in [6, 6.07) is 12.6. The molecule has 3 nitrogen and oxygen atoms in total. The molecule has 1 aromatic carbocycles. The minimum Gasteiger partial charge on any atom is -0.465 e. The fourth-order valence-corrected chi connectivity index (χ4v) is 2.18. The highest BCUT2D eigenvalue weighted by molar-refractivity contribution is 5.22. The van der Waals surface area contributed by atoms with E-state index in [1.165, 1.54) is 5.56 Å². The van der Waals surface area contributed by atoms with Crippen molar-refractivity contribution in [3.8, 4) is 0 Å². The molecule has 1 heterocycles. The topological polar surface area (TPSA) is 36.6 Å². The molecule has 0 atom stereocenters. The average Bonchev–Trinajstić information content (AvgIpc) is 2.84. The fourth-order valence-electron chi connectivity index (χ4n) is 2.18. The first-order chi connectivity index (χ1) is 9.58. The van der Waals surface area contributed by atoms with Crippen molar-refractivity contribution in [3.63, 3.8) is 0 Å². The van der Waals surface area contributed by atoms with Crippen LogP contribution in [0, 0.1) is 6.92 Å². The second kappa shape index (κ2) is 6.73. The van der Waals surface area contributed by atoms with Crippen LogP contribution in [0.15, 0.2) is 40.8 Å². The predicted molar refractivity (Wildman–Crippen MR) is 80.2 cm³/mol. The van der Waals surface area contributed by atoms with Crippen molar-refractivity contribution < 1.29 is 9.52 Å². The summed E-state index contributed by atoms with van der Waals surface area (Å²) in [6.45, 7) is 8.14. The lowest BCUT2D eigenvalue weighted by atomic mass is 10.1. The Balaban J connectivity index is 2.04. The van der Waals surface area contributed by atoms with Crippen LogP contribution in [-0.4, -0.2) is 16.0 Å². The summed E-state index contributed by atoms with van der Waals surface area (Å²) in [7, 11) is 0. The van der Waals surface area contributed by atoms with Gasteiger partial charge < -0.3 is 9.52 Å². The number of furan rings is 1. The van der Waals surface area contributed by atoms with Crippen LogP contribution in [0.5, 0.6) is 0 Å². The zero-order valence-electron chi connectivity index (χ0n) is 12.5. The summed E-state index contributed by atoms with van der Waals surface area (Å²) in [5, 5.41) is 9.07. The van der Waals surface area contributed by atoms with Gasteiger partial charge in [-0.1, -0.05) is 24.3 Å². The van der Waals surface area contributed by atoms with Crippen molar-refractivity contribution in [2.75, 3.05) is 0 Å². The number of nitrogens with zero attached hydrogens (tertiary/aromatic N) is 1. The second-order valence-electron chi connectivity index (χ2n) is 5.49. The first kappa shape index (κ1) is 14.8. The fraction of sp³-hybridized carbons (Fsp3) is 0.412. The first-order valence-corrected chi connectivity index (χ1v) is 7.06. The third-order valence-corrected chi connectivity index (χ3v) is 3.48. The van der Waals surface area contributed by atoms with Gasteiger partial charge in [0.25, 0.3) is 0 Å². The normalized spacial score (nSPS) is 11.5. The molecule has 0 aliphatic heterocycles. The Hall–Kier alpha value is -1.58. The molecule has 20 heavy (non-hydrogen) atoms. The molecule has 0 aliphatic carbocycles. The molecule has 0 aliphatic rings. The van der Waals surface area contributed by atoms with Crippen LogP contribution in [-0.2, 0) is 19.7 Å². The molecule has 1 aromatic heterocycles. The molecule has 0 spiro atoms. The van der Waals surface area contributed by atoms with Gasteiger partial charge in [-0.15, -0.1) is 0 Å². The molecule has 2 aromatic rings. The molecule has 0 radical (unpaired) electrons. The van der Waals surface area contributed by atoms with Gasteiger partial charge in [-0.3, -0.25) is 4.90 Å². The lowest BCUT2D eigenvalue weighted by molar-refractivity contribution is 0.187. The van der Waals surface area contributed by atoms with Crippen molar-refractivity contribution in [2.24, 2.45) is 0 Å². The van der Waals surface area contributed by atoms with E-state index in [0.717, 1.165) is 30.2 Å². The summed E-state index contributed by atoms with van der Waals surface area (Å²) in [4.78, 5) is 2.37. The maximum absolute atomic E-state index is 9.07. The highest BCUT2D eigenvalue weighted by Crippen LogP contribution is 2.15. The molecular formula is C17H23NO2. The molecular weight excluding hydrogens is 250 g/mol. The van der Waals surface area contributed by atoms with Crippen LogP contribution in [0.25, 0.3) is 0 Å². The number of rotatable bonds is 6. The van der Waals surface area contributed by atoms with Crippen molar-refractivity contribution >= 4 is 0 Å². The smallest absolute Gasteiger partial charge is 0.118 e. The molecule has 0 fully saturated rings. The number of hydrogen-bond donors (Lipinski definition) is 1. The van der Waals surface area contributed by atoms with Crippen LogP contribution >= 0.6 is 0 Å². The Kier molecular flexibility index (Phi) is 4.99. The van der Waals surface area contributed by atoms with Crippen LogP contribution < -0.4 is 0 Å². The lowest BCUT2D eigenvalue weighted by Gasteiger charge is -2.25. The monoisotopic (exact) mass is 273 g/mol. The molecule has 0 unspecified atom stereocenters. The van der Waals surface area contributed by atoms with Crippen molar-refractivity contribution in [1.82, 2.24) is 4.90 Å². The van der Waals surface area contributed by atoms with Gasteiger partial charge in [0.15, 0.2) is 0 Å². The second-order valence-corrected chi connectivity index (χ2v) is 5.49. The van der Waals surface area contributed by atoms with E-state index in [9.17, 15) is 0 Å². The summed E-state index contributed by atoms with van der Waals surface area (Å²) in [5.74, 6) is 1.96. The molecule has 0 saturated heterocycles. The van der Waals surface area contributed by atoms with E-state index in [1.54, 1.807) is 0 Å². The Morgan fingerprint density at radius 2 is 1.65 bits per heavy atom. The van der Waals surface area contributed by atoms with Crippen molar-refractivity contribution in [2.45, 2.75) is 46.5 Å². The van der Waals surface area contributed by atoms with E-state index in [0.29, 0.717) is 6.04 Å². The van der Waals surface area contributed by atoms with Crippen molar-refractivity contribution in [1.29, 1.82) is 0 Å². The average molecular weight is 273 g/mol. The summed E-state index contributed by atoms with van der Waals surface area (Å²) < 4.78 is 5.66. The standard InChI is InChI=1S/C17H23NO2/c1-13(2)18(11-17-9-4-14(3)20-17)10-15-5-7-16(12-19)8-6-15/h4-9,13,19H,10-12H2,1-3H3. The van der Waals surface area contributed by atoms with Gasteiger partial charge in [0.2, 0.25) is 0 Å². The summed E-state index contributed by atoms with van der Waals surface area (Å²) >= 11 is 0. The number of aliphatic hydroxyl groups is 1. The lowest BCUT2D eigenvalue weighted by Crippen LogP contribution is -2.29. The van der Waals surface area contributed by atoms with Gasteiger partial charge in [-0.05, 0) is 44.0 Å². The third-order valence-electron chi connectivity index (χ3n) is 3.48. The Bertz CT molecular complexity index is 528. The molecule has 2 rings (SSSR count). The molecule has 0 bridgehead atoms. The molecule has 3 heteroatoms. The Morgan fingerprint density at radius 1 is 1.00 bits per heavy atom. The van der Waals surface area contributed by atoms with Gasteiger partial charge in [0, 0.05) is 12.6 Å². The van der Waals surface area contributed by atoms with Crippen LogP contribution in [0.1, 0.15) is 36.5 Å². The Morgan fingerprint density at radius 3 is 2.15 bits per heavy atom. The van der Waals surface area contributed by atoms with Crippen LogP contribution in [0.2, 0.25) is 0 Å². The van der Waals surface area contributed by atoms with E-state index < -0.39 is 0 Å². The van der Waals surface area contributed by atoms with Crippen molar-refractivity contribution in [3.05, 3.63) is 59.0 Å². The highest BCUT2D eigenvalue weighted by Gasteiger charge is 2.13. The predicted octanol–water partition coefficient (Wildman–Crippen LogP) is 3.49. The van der Waals surface area contributed by atoms with E-state index in [4.69, 9.17) is 9.52 Å². The van der Waals surface area contributed by atoms with Gasteiger partial charge in [0.05, 0.1) is 13.2 Å². The minimum atomic E-state index is 0.0971. The first-order valence-electron chi connectivity index (χ1n) is 7.06. The van der Waals surface area contributed by atoms with Gasteiger partial charge in [0.1, 0.15) is 11.5 Å². The number of aryl methyl sites for hydroxylation is 1. The molecule has 0 saturated carbocycles. The van der Waals surface area contributed by atoms with E-state index >= 15 is 0 Å². The zero-order chi connectivity index (χ0) is 14.5. The SMILES string of the molecule is Cc1ccc(CN(Cc2ccc(CO)cc2)C(C)C)o1. The largest absolute Gasteiger partial charge is 0.465 e. The number of aliphatic hydroxyl groups excluding tert-OH is 1. The van der Waals surface area contributed by atoms with E-state index in [2.05, 4.69) is 30.9 Å². The van der Waals surface area contributed by atoms with E-state index in [1.807, 2.05) is 31.2 Å². The zero-order valence-corrected chi connectivity index (χ0v) is 12.5. The third kappa shape index (κ3) is 3.95. The highest BCUT2D eigenvalue weighted by atomic mass is 16.3. The number of benzene rings is 1. The number of hydrogen-bond acceptors (Lipinski definition) is 3. The maximum atomic E-state index is 9.07. The Labute approximate surface area is 120 Å². The maximum Gasteiger partial charge on any atom is 0.118 e. The van der Waals surface area contributed by atoms with Gasteiger partial charge in [-0.25, -0.2) is 0 Å².